The van der Waals surface area contributed by atoms with Gasteiger partial charge < -0.3 is 15.6 Å². The first-order valence-electron chi connectivity index (χ1n) is 7.71. The molecule has 0 radical (unpaired) electrons. The van der Waals surface area contributed by atoms with Crippen molar-refractivity contribution in [2.75, 3.05) is 13.2 Å². The summed E-state index contributed by atoms with van der Waals surface area (Å²) in [6, 6.07) is 8.37. The number of benzene rings is 1. The van der Waals surface area contributed by atoms with Crippen LogP contribution in [-0.4, -0.2) is 23.9 Å². The van der Waals surface area contributed by atoms with Crippen LogP contribution in [0, 0.1) is 0 Å². The van der Waals surface area contributed by atoms with Gasteiger partial charge >= 0.3 is 0 Å². The Morgan fingerprint density at radius 1 is 1.15 bits per heavy atom. The van der Waals surface area contributed by atoms with Crippen LogP contribution in [0.4, 0.5) is 0 Å². The monoisotopic (exact) mass is 279 g/mol. The van der Waals surface area contributed by atoms with E-state index in [4.69, 9.17) is 10.5 Å². The fourth-order valence-corrected chi connectivity index (χ4v) is 2.03. The van der Waals surface area contributed by atoms with Gasteiger partial charge in [-0.3, -0.25) is 0 Å². The first-order valence-corrected chi connectivity index (χ1v) is 7.71. The molecule has 0 bridgehead atoms. The van der Waals surface area contributed by atoms with Crippen molar-refractivity contribution in [3.05, 3.63) is 29.8 Å². The topological polar surface area (TPSA) is 55.5 Å². The third kappa shape index (κ3) is 6.92. The maximum Gasteiger partial charge on any atom is 0.119 e. The minimum Gasteiger partial charge on any atom is -0.494 e. The van der Waals surface area contributed by atoms with Crippen molar-refractivity contribution in [1.29, 1.82) is 0 Å². The van der Waals surface area contributed by atoms with E-state index in [2.05, 4.69) is 19.1 Å². The lowest BCUT2D eigenvalue weighted by atomic mass is 10.00. The molecule has 3 nitrogen and oxygen atoms in total. The molecule has 0 aromatic heterocycles. The molecular formula is C17H29NO2. The number of rotatable bonds is 10. The van der Waals surface area contributed by atoms with Gasteiger partial charge in [0.1, 0.15) is 5.75 Å². The zero-order chi connectivity index (χ0) is 14.8. The second-order valence-corrected chi connectivity index (χ2v) is 5.75. The second-order valence-electron chi connectivity index (χ2n) is 5.75. The highest BCUT2D eigenvalue weighted by atomic mass is 16.5. The smallest absolute Gasteiger partial charge is 0.119 e. The predicted octanol–water partition coefficient (Wildman–Crippen LogP) is 3.29. The number of unbranched alkanes of at least 4 members (excludes halogenated alkanes) is 2. The van der Waals surface area contributed by atoms with Gasteiger partial charge in [-0.1, -0.05) is 25.5 Å². The summed E-state index contributed by atoms with van der Waals surface area (Å²) in [5.74, 6) is 0.927. The summed E-state index contributed by atoms with van der Waals surface area (Å²) in [6.07, 6.45) is 6.20. The predicted molar refractivity (Wildman–Crippen MR) is 84.1 cm³/mol. The Labute approximate surface area is 123 Å². The quantitative estimate of drug-likeness (QED) is 0.646. The lowest BCUT2D eigenvalue weighted by Crippen LogP contribution is -2.33. The Morgan fingerprint density at radius 3 is 2.45 bits per heavy atom. The SMILES string of the molecule is CCCCc1ccc(OCCCCC(C)(O)CN)cc1. The Morgan fingerprint density at radius 2 is 1.85 bits per heavy atom. The fourth-order valence-electron chi connectivity index (χ4n) is 2.03. The standard InChI is InChI=1S/C17H29NO2/c1-3-4-7-15-8-10-16(11-9-15)20-13-6-5-12-17(2,19)14-18/h8-11,19H,3-7,12-14,18H2,1-2H3. The summed E-state index contributed by atoms with van der Waals surface area (Å²) in [7, 11) is 0. The Hall–Kier alpha value is -1.06. The van der Waals surface area contributed by atoms with Crippen molar-refractivity contribution in [3.8, 4) is 5.75 Å². The Balaban J connectivity index is 2.19. The van der Waals surface area contributed by atoms with Crippen LogP contribution in [-0.2, 0) is 6.42 Å². The molecule has 1 aromatic carbocycles. The number of aliphatic hydroxyl groups is 1. The first kappa shape index (κ1) is 17.0. The van der Waals surface area contributed by atoms with Gasteiger partial charge in [-0.25, -0.2) is 0 Å². The second kappa shape index (κ2) is 8.98. The molecule has 0 saturated carbocycles. The Bertz CT molecular complexity index is 360. The number of aryl methyl sites for hydroxylation is 1. The van der Waals surface area contributed by atoms with Crippen LogP contribution in [0.5, 0.6) is 5.75 Å². The number of ether oxygens (including phenoxy) is 1. The van der Waals surface area contributed by atoms with Gasteiger partial charge in [-0.2, -0.15) is 0 Å². The number of nitrogens with two attached hydrogens (primary N) is 1. The van der Waals surface area contributed by atoms with Crippen molar-refractivity contribution in [2.24, 2.45) is 5.73 Å². The van der Waals surface area contributed by atoms with Crippen LogP contribution in [0.3, 0.4) is 0 Å². The van der Waals surface area contributed by atoms with Crippen molar-refractivity contribution < 1.29 is 9.84 Å². The van der Waals surface area contributed by atoms with Crippen molar-refractivity contribution in [3.63, 3.8) is 0 Å². The highest BCUT2D eigenvalue weighted by Crippen LogP contribution is 2.15. The molecule has 0 amide bonds. The average Bonchev–Trinajstić information content (AvgIpc) is 2.46. The van der Waals surface area contributed by atoms with Crippen molar-refractivity contribution in [1.82, 2.24) is 0 Å². The van der Waals surface area contributed by atoms with Gasteiger partial charge in [0, 0.05) is 6.54 Å². The molecule has 1 unspecified atom stereocenters. The van der Waals surface area contributed by atoms with Gasteiger partial charge in [0.05, 0.1) is 12.2 Å². The molecule has 1 atom stereocenters. The molecule has 3 N–H and O–H groups in total. The van der Waals surface area contributed by atoms with Crippen LogP contribution in [0.25, 0.3) is 0 Å². The summed E-state index contributed by atoms with van der Waals surface area (Å²) in [6.45, 7) is 4.99. The molecule has 0 fully saturated rings. The fraction of sp³-hybridized carbons (Fsp3) is 0.647. The molecular weight excluding hydrogens is 250 g/mol. The number of hydrogen-bond acceptors (Lipinski definition) is 3. The summed E-state index contributed by atoms with van der Waals surface area (Å²) in [4.78, 5) is 0. The van der Waals surface area contributed by atoms with Crippen LogP contribution in [0.2, 0.25) is 0 Å². The average molecular weight is 279 g/mol. The number of hydrogen-bond donors (Lipinski definition) is 2. The summed E-state index contributed by atoms with van der Waals surface area (Å²) >= 11 is 0. The third-order valence-corrected chi connectivity index (χ3v) is 3.56. The van der Waals surface area contributed by atoms with E-state index in [9.17, 15) is 5.11 Å². The van der Waals surface area contributed by atoms with E-state index in [1.165, 1.54) is 18.4 Å². The molecule has 1 rings (SSSR count). The van der Waals surface area contributed by atoms with E-state index < -0.39 is 5.60 Å². The van der Waals surface area contributed by atoms with Crippen LogP contribution < -0.4 is 10.5 Å². The molecule has 114 valence electrons. The lowest BCUT2D eigenvalue weighted by Gasteiger charge is -2.20. The van der Waals surface area contributed by atoms with E-state index in [0.717, 1.165) is 31.4 Å². The maximum atomic E-state index is 9.78. The minimum atomic E-state index is -0.735. The summed E-state index contributed by atoms with van der Waals surface area (Å²) in [5.41, 5.74) is 6.12. The molecule has 0 saturated heterocycles. The molecule has 3 heteroatoms. The zero-order valence-corrected chi connectivity index (χ0v) is 12.9. The third-order valence-electron chi connectivity index (χ3n) is 3.56. The largest absolute Gasteiger partial charge is 0.494 e. The zero-order valence-electron chi connectivity index (χ0n) is 12.9. The Kier molecular flexibility index (Phi) is 7.63. The molecule has 0 aliphatic rings. The van der Waals surface area contributed by atoms with Crippen LogP contribution >= 0.6 is 0 Å². The molecule has 20 heavy (non-hydrogen) atoms. The normalized spacial score (nSPS) is 14.0. The summed E-state index contributed by atoms with van der Waals surface area (Å²) in [5, 5.41) is 9.78. The highest BCUT2D eigenvalue weighted by molar-refractivity contribution is 5.27. The highest BCUT2D eigenvalue weighted by Gasteiger charge is 2.16. The van der Waals surface area contributed by atoms with E-state index in [1.54, 1.807) is 6.92 Å². The van der Waals surface area contributed by atoms with Crippen molar-refractivity contribution >= 4 is 0 Å². The van der Waals surface area contributed by atoms with Crippen LogP contribution in [0.15, 0.2) is 24.3 Å². The van der Waals surface area contributed by atoms with Gasteiger partial charge in [-0.05, 0) is 56.7 Å². The van der Waals surface area contributed by atoms with E-state index in [1.807, 2.05) is 12.1 Å². The molecule has 0 aliphatic carbocycles. The molecule has 1 aromatic rings. The van der Waals surface area contributed by atoms with Gasteiger partial charge in [0.2, 0.25) is 0 Å². The van der Waals surface area contributed by atoms with Gasteiger partial charge in [-0.15, -0.1) is 0 Å². The van der Waals surface area contributed by atoms with E-state index in [-0.39, 0.29) is 0 Å². The summed E-state index contributed by atoms with van der Waals surface area (Å²) < 4.78 is 5.70. The first-order chi connectivity index (χ1) is 9.57. The van der Waals surface area contributed by atoms with Gasteiger partial charge in [0.25, 0.3) is 0 Å². The molecule has 0 spiro atoms. The lowest BCUT2D eigenvalue weighted by molar-refractivity contribution is 0.0562. The maximum absolute atomic E-state index is 9.78. The van der Waals surface area contributed by atoms with Gasteiger partial charge in [0.15, 0.2) is 0 Å². The van der Waals surface area contributed by atoms with E-state index in [0.29, 0.717) is 13.2 Å². The molecule has 0 aliphatic heterocycles. The minimum absolute atomic E-state index is 0.313. The molecule has 0 heterocycles. The van der Waals surface area contributed by atoms with Crippen LogP contribution in [0.1, 0.15) is 51.5 Å². The van der Waals surface area contributed by atoms with Crippen molar-refractivity contribution in [2.45, 2.75) is 58.0 Å². The van der Waals surface area contributed by atoms with E-state index >= 15 is 0 Å².